The van der Waals surface area contributed by atoms with Gasteiger partial charge in [-0.1, -0.05) is 18.6 Å². The number of piperidine rings is 3. The molecule has 160 valence electrons. The van der Waals surface area contributed by atoms with E-state index in [2.05, 4.69) is 16.3 Å². The molecule has 3 unspecified atom stereocenters. The van der Waals surface area contributed by atoms with Gasteiger partial charge < -0.3 is 10.6 Å². The van der Waals surface area contributed by atoms with E-state index in [1.807, 2.05) is 12.1 Å². The second-order valence-electron chi connectivity index (χ2n) is 9.33. The van der Waals surface area contributed by atoms with Gasteiger partial charge in [0.15, 0.2) is 0 Å². The minimum atomic E-state index is -0.560. The van der Waals surface area contributed by atoms with Gasteiger partial charge >= 0.3 is 0 Å². The molecule has 1 aromatic rings. The Hall–Kier alpha value is -2.25. The molecule has 2 bridgehead atoms. The third-order valence-electron chi connectivity index (χ3n) is 7.59. The third-order valence-corrected chi connectivity index (χ3v) is 7.59. The van der Waals surface area contributed by atoms with Crippen LogP contribution >= 0.6 is 0 Å². The van der Waals surface area contributed by atoms with Gasteiger partial charge in [-0.2, -0.15) is 0 Å². The van der Waals surface area contributed by atoms with Crippen molar-refractivity contribution in [2.75, 3.05) is 6.54 Å². The number of benzene rings is 1. The van der Waals surface area contributed by atoms with Crippen LogP contribution in [0.4, 0.5) is 0 Å². The zero-order chi connectivity index (χ0) is 20.8. The highest BCUT2D eigenvalue weighted by Gasteiger charge is 2.41. The highest BCUT2D eigenvalue weighted by Crippen LogP contribution is 2.39. The lowest BCUT2D eigenvalue weighted by atomic mass is 9.78. The van der Waals surface area contributed by atoms with Crippen molar-refractivity contribution in [3.8, 4) is 0 Å². The Kier molecular flexibility index (Phi) is 5.11. The van der Waals surface area contributed by atoms with Crippen molar-refractivity contribution < 1.29 is 14.4 Å². The molecule has 7 nitrogen and oxygen atoms in total. The van der Waals surface area contributed by atoms with Gasteiger partial charge in [-0.3, -0.25) is 24.6 Å². The molecule has 4 aliphatic heterocycles. The largest absolute Gasteiger partial charge is 0.330 e. The molecule has 30 heavy (non-hydrogen) atoms. The summed E-state index contributed by atoms with van der Waals surface area (Å²) >= 11 is 0. The van der Waals surface area contributed by atoms with Crippen molar-refractivity contribution in [1.82, 2.24) is 15.1 Å². The summed E-state index contributed by atoms with van der Waals surface area (Å²) in [6.45, 7) is 2.08. The Bertz CT molecular complexity index is 871. The van der Waals surface area contributed by atoms with E-state index in [0.29, 0.717) is 36.5 Å². The number of nitrogens with two attached hydrogens (primary N) is 1. The van der Waals surface area contributed by atoms with Crippen molar-refractivity contribution in [2.24, 2.45) is 11.7 Å². The van der Waals surface area contributed by atoms with Gasteiger partial charge in [0.1, 0.15) is 6.04 Å². The SMILES string of the molecule is NCC1CC2CCCC(C1)N2Cc1cccc2c1CN(C1CCC(=O)NC1=O)C2=O. The molecule has 3 amide bonds. The number of hydrogen-bond acceptors (Lipinski definition) is 5. The standard InChI is InChI=1S/C23H30N4O3/c24-11-14-9-16-4-2-5-17(10-14)26(16)12-15-3-1-6-18-19(15)13-27(23(18)30)20-7-8-21(28)25-22(20)29/h1,3,6,14,16-17,20H,2,4-5,7-13,24H2,(H,25,28,29). The van der Waals surface area contributed by atoms with Gasteiger partial charge in [-0.15, -0.1) is 0 Å². The molecule has 0 saturated carbocycles. The number of carbonyl (C=O) groups is 3. The minimum Gasteiger partial charge on any atom is -0.330 e. The topological polar surface area (TPSA) is 95.7 Å². The molecule has 0 spiro atoms. The maximum absolute atomic E-state index is 13.1. The van der Waals surface area contributed by atoms with Crippen LogP contribution in [0.2, 0.25) is 0 Å². The van der Waals surface area contributed by atoms with E-state index in [9.17, 15) is 14.4 Å². The molecule has 7 heteroatoms. The fourth-order valence-electron chi connectivity index (χ4n) is 6.04. The molecule has 5 rings (SSSR count). The molecule has 0 aliphatic carbocycles. The average Bonchev–Trinajstić information content (AvgIpc) is 3.05. The average molecular weight is 411 g/mol. The fraction of sp³-hybridized carbons (Fsp3) is 0.609. The smallest absolute Gasteiger partial charge is 0.255 e. The summed E-state index contributed by atoms with van der Waals surface area (Å²) in [6.07, 6.45) is 6.76. The van der Waals surface area contributed by atoms with Gasteiger partial charge in [0, 0.05) is 37.2 Å². The van der Waals surface area contributed by atoms with Crippen LogP contribution in [0.15, 0.2) is 18.2 Å². The zero-order valence-corrected chi connectivity index (χ0v) is 17.3. The molecular weight excluding hydrogens is 380 g/mol. The van der Waals surface area contributed by atoms with Crippen LogP contribution in [0, 0.1) is 5.92 Å². The number of nitrogens with one attached hydrogen (secondary N) is 1. The van der Waals surface area contributed by atoms with Crippen LogP contribution in [0.5, 0.6) is 0 Å². The molecule has 3 saturated heterocycles. The fourth-order valence-corrected chi connectivity index (χ4v) is 6.04. The summed E-state index contributed by atoms with van der Waals surface area (Å²) in [6, 6.07) is 6.55. The summed E-state index contributed by atoms with van der Waals surface area (Å²) in [5.74, 6) is -0.0770. The summed E-state index contributed by atoms with van der Waals surface area (Å²) in [5, 5.41) is 2.38. The molecule has 0 radical (unpaired) electrons. The molecule has 1 aromatic carbocycles. The highest BCUT2D eigenvalue weighted by molar-refractivity contribution is 6.05. The van der Waals surface area contributed by atoms with Crippen LogP contribution in [-0.4, -0.2) is 52.2 Å². The van der Waals surface area contributed by atoms with Crippen LogP contribution in [-0.2, 0) is 22.7 Å². The van der Waals surface area contributed by atoms with Gasteiger partial charge in [-0.05, 0) is 61.8 Å². The van der Waals surface area contributed by atoms with Crippen molar-refractivity contribution >= 4 is 17.7 Å². The second-order valence-corrected chi connectivity index (χ2v) is 9.33. The van der Waals surface area contributed by atoms with E-state index >= 15 is 0 Å². The first kappa shape index (κ1) is 19.7. The Morgan fingerprint density at radius 2 is 1.83 bits per heavy atom. The van der Waals surface area contributed by atoms with Crippen molar-refractivity contribution in [3.63, 3.8) is 0 Å². The van der Waals surface area contributed by atoms with Crippen LogP contribution < -0.4 is 11.1 Å². The number of fused-ring (bicyclic) bond motifs is 3. The quantitative estimate of drug-likeness (QED) is 0.734. The van der Waals surface area contributed by atoms with Crippen LogP contribution in [0.1, 0.15) is 66.4 Å². The lowest BCUT2D eigenvalue weighted by Gasteiger charge is -2.49. The molecule has 0 aromatic heterocycles. The molecule has 3 atom stereocenters. The monoisotopic (exact) mass is 410 g/mol. The first-order chi connectivity index (χ1) is 14.5. The summed E-state index contributed by atoms with van der Waals surface area (Å²) < 4.78 is 0. The van der Waals surface area contributed by atoms with Crippen molar-refractivity contribution in [2.45, 2.75) is 76.2 Å². The number of nitrogens with zero attached hydrogens (tertiary/aromatic N) is 2. The lowest BCUT2D eigenvalue weighted by molar-refractivity contribution is -0.136. The summed E-state index contributed by atoms with van der Waals surface area (Å²) in [4.78, 5) is 41.2. The minimum absolute atomic E-state index is 0.0941. The lowest BCUT2D eigenvalue weighted by Crippen LogP contribution is -2.52. The first-order valence-corrected chi connectivity index (χ1v) is 11.3. The maximum Gasteiger partial charge on any atom is 0.255 e. The van der Waals surface area contributed by atoms with Gasteiger partial charge in [0.2, 0.25) is 11.8 Å². The predicted molar refractivity (Wildman–Crippen MR) is 111 cm³/mol. The normalized spacial score (nSPS) is 31.6. The van der Waals surface area contributed by atoms with Gasteiger partial charge in [-0.25, -0.2) is 0 Å². The van der Waals surface area contributed by atoms with Crippen molar-refractivity contribution in [1.29, 1.82) is 0 Å². The Morgan fingerprint density at radius 3 is 2.53 bits per heavy atom. The third kappa shape index (κ3) is 3.34. The molecule has 3 N–H and O–H groups in total. The number of rotatable bonds is 4. The van der Waals surface area contributed by atoms with Gasteiger partial charge in [0.25, 0.3) is 5.91 Å². The number of amides is 3. The first-order valence-electron chi connectivity index (χ1n) is 11.3. The molecule has 3 fully saturated rings. The molecule has 4 heterocycles. The van der Waals surface area contributed by atoms with E-state index in [-0.39, 0.29) is 24.1 Å². The number of imide groups is 1. The predicted octanol–water partition coefficient (Wildman–Crippen LogP) is 1.54. The Balaban J connectivity index is 1.37. The molecule has 4 aliphatic rings. The number of carbonyl (C=O) groups excluding carboxylic acids is 3. The van der Waals surface area contributed by atoms with Crippen LogP contribution in [0.25, 0.3) is 0 Å². The van der Waals surface area contributed by atoms with E-state index in [1.54, 1.807) is 4.90 Å². The summed E-state index contributed by atoms with van der Waals surface area (Å²) in [7, 11) is 0. The molecular formula is C23H30N4O3. The van der Waals surface area contributed by atoms with E-state index < -0.39 is 6.04 Å². The highest BCUT2D eigenvalue weighted by atomic mass is 16.2. The Morgan fingerprint density at radius 1 is 1.07 bits per heavy atom. The maximum atomic E-state index is 13.1. The van der Waals surface area contributed by atoms with Gasteiger partial charge in [0.05, 0.1) is 0 Å². The summed E-state index contributed by atoms with van der Waals surface area (Å²) in [5.41, 5.74) is 8.93. The van der Waals surface area contributed by atoms with E-state index in [1.165, 1.54) is 37.7 Å². The van der Waals surface area contributed by atoms with E-state index in [4.69, 9.17) is 5.73 Å². The Labute approximate surface area is 177 Å². The zero-order valence-electron chi connectivity index (χ0n) is 17.3. The second kappa shape index (κ2) is 7.78. The number of hydrogen-bond donors (Lipinski definition) is 2. The van der Waals surface area contributed by atoms with E-state index in [0.717, 1.165) is 18.7 Å². The van der Waals surface area contributed by atoms with Crippen molar-refractivity contribution in [3.05, 3.63) is 34.9 Å². The van der Waals surface area contributed by atoms with Crippen LogP contribution in [0.3, 0.4) is 0 Å².